The van der Waals surface area contributed by atoms with E-state index in [9.17, 15) is 14.0 Å². The number of nitrogens with one attached hydrogen (secondary N) is 2. The lowest BCUT2D eigenvalue weighted by Gasteiger charge is -2.07. The minimum atomic E-state index is -0.269. The summed E-state index contributed by atoms with van der Waals surface area (Å²) in [7, 11) is 1.55. The second kappa shape index (κ2) is 6.20. The van der Waals surface area contributed by atoms with Crippen molar-refractivity contribution in [2.75, 3.05) is 12.4 Å². The van der Waals surface area contributed by atoms with Gasteiger partial charge in [0.05, 0.1) is 0 Å². The van der Waals surface area contributed by atoms with E-state index >= 15 is 0 Å². The lowest BCUT2D eigenvalue weighted by atomic mass is 10.1. The number of hydrogen-bond acceptors (Lipinski definition) is 2. The number of halogens is 1. The molecule has 4 nitrogen and oxygen atoms in total. The predicted molar refractivity (Wildman–Crippen MR) is 85.7 cm³/mol. The lowest BCUT2D eigenvalue weighted by molar-refractivity contribution is -0.117. The summed E-state index contributed by atoms with van der Waals surface area (Å²) in [6, 6.07) is 13.3. The molecule has 1 aliphatic rings. The quantitative estimate of drug-likeness (QED) is 0.912. The predicted octanol–water partition coefficient (Wildman–Crippen LogP) is 2.93. The topological polar surface area (TPSA) is 58.2 Å². The van der Waals surface area contributed by atoms with Gasteiger partial charge in [0.25, 0.3) is 5.91 Å². The van der Waals surface area contributed by atoms with Crippen LogP contribution in [-0.4, -0.2) is 18.9 Å². The minimum absolute atomic E-state index is 0.0710. The Morgan fingerprint density at radius 2 is 1.91 bits per heavy atom. The molecule has 118 valence electrons. The van der Waals surface area contributed by atoms with Crippen LogP contribution in [0.1, 0.15) is 28.3 Å². The summed E-state index contributed by atoms with van der Waals surface area (Å²) in [5.74, 6) is -0.924. The molecular formula is C18H17FN2O2. The van der Waals surface area contributed by atoms with Gasteiger partial charge in [0.15, 0.2) is 0 Å². The van der Waals surface area contributed by atoms with Crippen molar-refractivity contribution in [3.05, 3.63) is 65.5 Å². The van der Waals surface area contributed by atoms with Gasteiger partial charge < -0.3 is 10.6 Å². The Bertz CT molecular complexity index is 760. The molecule has 0 spiro atoms. The monoisotopic (exact) mass is 312 g/mol. The smallest absolute Gasteiger partial charge is 0.251 e. The van der Waals surface area contributed by atoms with Gasteiger partial charge in [-0.1, -0.05) is 24.3 Å². The van der Waals surface area contributed by atoms with Crippen molar-refractivity contribution in [3.63, 3.8) is 0 Å². The standard InChI is InChI=1S/C18H17FN2O2/c1-20-17(22)11-5-4-6-12(9-11)21-18(23)15-10-14(15)13-7-2-3-8-16(13)19/h2-9,14-15H,10H2,1H3,(H,20,22)(H,21,23). The average molecular weight is 312 g/mol. The summed E-state index contributed by atoms with van der Waals surface area (Å²) < 4.78 is 13.7. The summed E-state index contributed by atoms with van der Waals surface area (Å²) in [6.07, 6.45) is 0.641. The Morgan fingerprint density at radius 1 is 1.13 bits per heavy atom. The maximum atomic E-state index is 13.7. The van der Waals surface area contributed by atoms with Gasteiger partial charge in [-0.15, -0.1) is 0 Å². The third-order valence-electron chi connectivity index (χ3n) is 4.05. The van der Waals surface area contributed by atoms with Crippen LogP contribution in [0.15, 0.2) is 48.5 Å². The van der Waals surface area contributed by atoms with Crippen LogP contribution in [0.3, 0.4) is 0 Å². The van der Waals surface area contributed by atoms with E-state index in [2.05, 4.69) is 10.6 Å². The van der Waals surface area contributed by atoms with Crippen molar-refractivity contribution in [1.82, 2.24) is 5.32 Å². The Morgan fingerprint density at radius 3 is 2.65 bits per heavy atom. The van der Waals surface area contributed by atoms with Crippen LogP contribution in [-0.2, 0) is 4.79 Å². The summed E-state index contributed by atoms with van der Waals surface area (Å²) in [5, 5.41) is 5.34. The Kier molecular flexibility index (Phi) is 4.10. The zero-order valence-electron chi connectivity index (χ0n) is 12.7. The van der Waals surface area contributed by atoms with Crippen LogP contribution in [0.4, 0.5) is 10.1 Å². The van der Waals surface area contributed by atoms with Gasteiger partial charge in [0.1, 0.15) is 5.82 Å². The summed E-state index contributed by atoms with van der Waals surface area (Å²) in [6.45, 7) is 0. The highest BCUT2D eigenvalue weighted by Gasteiger charge is 2.45. The van der Waals surface area contributed by atoms with Crippen molar-refractivity contribution in [3.8, 4) is 0 Å². The minimum Gasteiger partial charge on any atom is -0.355 e. The van der Waals surface area contributed by atoms with Crippen LogP contribution in [0, 0.1) is 11.7 Å². The summed E-state index contributed by atoms with van der Waals surface area (Å²) in [5.41, 5.74) is 1.63. The largest absolute Gasteiger partial charge is 0.355 e. The van der Waals surface area contributed by atoms with Crippen molar-refractivity contribution in [2.24, 2.45) is 5.92 Å². The fourth-order valence-corrected chi connectivity index (χ4v) is 2.72. The number of hydrogen-bond donors (Lipinski definition) is 2. The average Bonchev–Trinajstić information content (AvgIpc) is 3.35. The summed E-state index contributed by atoms with van der Waals surface area (Å²) >= 11 is 0. The lowest BCUT2D eigenvalue weighted by Crippen LogP contribution is -2.19. The van der Waals surface area contributed by atoms with E-state index in [1.807, 2.05) is 0 Å². The van der Waals surface area contributed by atoms with Crippen LogP contribution >= 0.6 is 0 Å². The van der Waals surface area contributed by atoms with Crippen molar-refractivity contribution < 1.29 is 14.0 Å². The zero-order valence-corrected chi connectivity index (χ0v) is 12.7. The molecule has 0 heterocycles. The highest BCUT2D eigenvalue weighted by atomic mass is 19.1. The molecule has 5 heteroatoms. The third kappa shape index (κ3) is 3.23. The number of benzene rings is 2. The van der Waals surface area contributed by atoms with E-state index in [1.54, 1.807) is 49.5 Å². The van der Waals surface area contributed by atoms with E-state index in [-0.39, 0.29) is 29.5 Å². The molecule has 0 saturated heterocycles. The number of carbonyl (C=O) groups excluding carboxylic acids is 2. The molecule has 2 unspecified atom stereocenters. The van der Waals surface area contributed by atoms with Gasteiger partial charge >= 0.3 is 0 Å². The van der Waals surface area contributed by atoms with Crippen molar-refractivity contribution in [2.45, 2.75) is 12.3 Å². The molecule has 0 bridgehead atoms. The normalized spacial score (nSPS) is 19.0. The molecular weight excluding hydrogens is 295 g/mol. The second-order valence-electron chi connectivity index (χ2n) is 5.62. The highest BCUT2D eigenvalue weighted by molar-refractivity contribution is 5.98. The van der Waals surface area contributed by atoms with Gasteiger partial charge in [0, 0.05) is 24.2 Å². The number of carbonyl (C=O) groups is 2. The SMILES string of the molecule is CNC(=O)c1cccc(NC(=O)C2CC2c2ccccc2F)c1. The maximum absolute atomic E-state index is 13.7. The van der Waals surface area contributed by atoms with E-state index in [0.29, 0.717) is 23.2 Å². The highest BCUT2D eigenvalue weighted by Crippen LogP contribution is 2.48. The van der Waals surface area contributed by atoms with Crippen molar-refractivity contribution in [1.29, 1.82) is 0 Å². The van der Waals surface area contributed by atoms with Gasteiger partial charge in [-0.3, -0.25) is 9.59 Å². The molecule has 2 N–H and O–H groups in total. The van der Waals surface area contributed by atoms with Crippen LogP contribution in [0.25, 0.3) is 0 Å². The molecule has 1 aliphatic carbocycles. The maximum Gasteiger partial charge on any atom is 0.251 e. The van der Waals surface area contributed by atoms with E-state index < -0.39 is 0 Å². The molecule has 0 radical (unpaired) electrons. The number of amides is 2. The van der Waals surface area contributed by atoms with Crippen molar-refractivity contribution >= 4 is 17.5 Å². The van der Waals surface area contributed by atoms with E-state index in [0.717, 1.165) is 0 Å². The molecule has 1 saturated carbocycles. The first-order chi connectivity index (χ1) is 11.1. The van der Waals surface area contributed by atoms with Crippen LogP contribution in [0.2, 0.25) is 0 Å². The molecule has 2 aromatic carbocycles. The second-order valence-corrected chi connectivity index (χ2v) is 5.62. The fourth-order valence-electron chi connectivity index (χ4n) is 2.72. The molecule has 0 aliphatic heterocycles. The molecule has 2 amide bonds. The van der Waals surface area contributed by atoms with Crippen LogP contribution in [0.5, 0.6) is 0 Å². The molecule has 0 aromatic heterocycles. The first-order valence-corrected chi connectivity index (χ1v) is 7.47. The molecule has 23 heavy (non-hydrogen) atoms. The van der Waals surface area contributed by atoms with Gasteiger partial charge in [0.2, 0.25) is 5.91 Å². The summed E-state index contributed by atoms with van der Waals surface area (Å²) in [4.78, 5) is 23.9. The molecule has 3 rings (SSSR count). The first-order valence-electron chi connectivity index (χ1n) is 7.47. The zero-order chi connectivity index (χ0) is 16.4. The van der Waals surface area contributed by atoms with Gasteiger partial charge in [-0.05, 0) is 42.2 Å². The molecule has 1 fully saturated rings. The number of anilines is 1. The first kappa shape index (κ1) is 15.2. The third-order valence-corrected chi connectivity index (χ3v) is 4.05. The Balaban J connectivity index is 1.67. The van der Waals surface area contributed by atoms with Crippen LogP contribution < -0.4 is 10.6 Å². The molecule has 2 atom stereocenters. The van der Waals surface area contributed by atoms with Gasteiger partial charge in [-0.25, -0.2) is 4.39 Å². The van der Waals surface area contributed by atoms with E-state index in [4.69, 9.17) is 0 Å². The Hall–Kier alpha value is -2.69. The number of rotatable bonds is 4. The van der Waals surface area contributed by atoms with E-state index in [1.165, 1.54) is 6.07 Å². The molecule has 2 aromatic rings. The fraction of sp³-hybridized carbons (Fsp3) is 0.222. The Labute approximate surface area is 133 Å². The van der Waals surface area contributed by atoms with Gasteiger partial charge in [-0.2, -0.15) is 0 Å².